The molecule has 2 saturated heterocycles. The monoisotopic (exact) mass is 451 g/mol. The lowest BCUT2D eigenvalue weighted by atomic mass is 9.90. The summed E-state index contributed by atoms with van der Waals surface area (Å²) in [4.78, 5) is 32.3. The van der Waals surface area contributed by atoms with Gasteiger partial charge in [0.05, 0.1) is 0 Å². The van der Waals surface area contributed by atoms with Gasteiger partial charge >= 0.3 is 0 Å². The van der Waals surface area contributed by atoms with E-state index in [0.717, 1.165) is 52.0 Å². The van der Waals surface area contributed by atoms with E-state index in [1.165, 1.54) is 5.56 Å². The number of ether oxygens (including phenoxy) is 1. The first-order chi connectivity index (χ1) is 16.1. The number of piperazine rings is 1. The van der Waals surface area contributed by atoms with Gasteiger partial charge in [0.25, 0.3) is 5.91 Å². The SMILES string of the molecule is COCc1ccc(C(=O)N2CCC3(CC2)CC3C(=O)N2CCN(Cc3ccccc3)CC2)o1. The number of furan rings is 1. The lowest BCUT2D eigenvalue weighted by molar-refractivity contribution is -0.135. The highest BCUT2D eigenvalue weighted by atomic mass is 16.5. The predicted octanol–water partition coefficient (Wildman–Crippen LogP) is 3.01. The number of hydrogen-bond donors (Lipinski definition) is 0. The Morgan fingerprint density at radius 3 is 2.39 bits per heavy atom. The van der Waals surface area contributed by atoms with Gasteiger partial charge < -0.3 is 19.0 Å². The topological polar surface area (TPSA) is 66.2 Å². The molecule has 0 radical (unpaired) electrons. The minimum absolute atomic E-state index is 0.0646. The first-order valence-electron chi connectivity index (χ1n) is 12.0. The van der Waals surface area contributed by atoms with Crippen molar-refractivity contribution in [1.29, 1.82) is 0 Å². The summed E-state index contributed by atoms with van der Waals surface area (Å²) in [6, 6.07) is 14.0. The van der Waals surface area contributed by atoms with Crippen molar-refractivity contribution in [3.63, 3.8) is 0 Å². The minimum Gasteiger partial charge on any atom is -0.453 e. The summed E-state index contributed by atoms with van der Waals surface area (Å²) in [6.07, 6.45) is 2.76. The summed E-state index contributed by atoms with van der Waals surface area (Å²) in [7, 11) is 1.60. The zero-order valence-electron chi connectivity index (χ0n) is 19.4. The van der Waals surface area contributed by atoms with Crippen molar-refractivity contribution in [2.75, 3.05) is 46.4 Å². The zero-order valence-corrected chi connectivity index (χ0v) is 19.4. The van der Waals surface area contributed by atoms with E-state index in [2.05, 4.69) is 34.1 Å². The molecule has 3 heterocycles. The Labute approximate surface area is 195 Å². The van der Waals surface area contributed by atoms with E-state index >= 15 is 0 Å². The van der Waals surface area contributed by atoms with Crippen molar-refractivity contribution in [1.82, 2.24) is 14.7 Å². The largest absolute Gasteiger partial charge is 0.453 e. The van der Waals surface area contributed by atoms with Crippen LogP contribution in [0.4, 0.5) is 0 Å². The highest BCUT2D eigenvalue weighted by Crippen LogP contribution is 2.60. The van der Waals surface area contributed by atoms with Crippen LogP contribution in [0.25, 0.3) is 0 Å². The third-order valence-electron chi connectivity index (χ3n) is 7.63. The van der Waals surface area contributed by atoms with Gasteiger partial charge in [-0.1, -0.05) is 30.3 Å². The molecular formula is C26H33N3O4. The molecule has 33 heavy (non-hydrogen) atoms. The van der Waals surface area contributed by atoms with Gasteiger partial charge in [-0.15, -0.1) is 0 Å². The summed E-state index contributed by atoms with van der Waals surface area (Å²) in [5.74, 6) is 1.42. The van der Waals surface area contributed by atoms with Gasteiger partial charge in [0.1, 0.15) is 12.4 Å². The Morgan fingerprint density at radius 2 is 1.70 bits per heavy atom. The van der Waals surface area contributed by atoms with Crippen LogP contribution in [-0.2, 0) is 22.7 Å². The number of carbonyl (C=O) groups is 2. The Kier molecular flexibility index (Phi) is 6.25. The molecule has 0 N–H and O–H groups in total. The molecule has 1 unspecified atom stereocenters. The van der Waals surface area contributed by atoms with E-state index in [-0.39, 0.29) is 17.2 Å². The van der Waals surface area contributed by atoms with Gasteiger partial charge in [-0.3, -0.25) is 14.5 Å². The maximum absolute atomic E-state index is 13.2. The number of nitrogens with zero attached hydrogens (tertiary/aromatic N) is 3. The summed E-state index contributed by atoms with van der Waals surface area (Å²) in [6.45, 7) is 6.16. The van der Waals surface area contributed by atoms with Crippen molar-refractivity contribution in [2.45, 2.75) is 32.4 Å². The molecule has 1 spiro atoms. The fourth-order valence-electron chi connectivity index (χ4n) is 5.46. The van der Waals surface area contributed by atoms with Crippen LogP contribution >= 0.6 is 0 Å². The Hall–Kier alpha value is -2.64. The molecule has 2 aliphatic heterocycles. The van der Waals surface area contributed by atoms with Gasteiger partial charge in [-0.05, 0) is 42.4 Å². The molecule has 176 valence electrons. The molecule has 2 amide bonds. The van der Waals surface area contributed by atoms with E-state index in [1.54, 1.807) is 19.2 Å². The number of hydrogen-bond acceptors (Lipinski definition) is 5. The van der Waals surface area contributed by atoms with Crippen molar-refractivity contribution in [3.05, 3.63) is 59.5 Å². The van der Waals surface area contributed by atoms with Crippen LogP contribution in [0.5, 0.6) is 0 Å². The van der Waals surface area contributed by atoms with Crippen molar-refractivity contribution < 1.29 is 18.7 Å². The van der Waals surface area contributed by atoms with Crippen molar-refractivity contribution in [3.8, 4) is 0 Å². The van der Waals surface area contributed by atoms with Crippen molar-refractivity contribution >= 4 is 11.8 Å². The van der Waals surface area contributed by atoms with E-state index in [4.69, 9.17) is 9.15 Å². The first kappa shape index (κ1) is 22.2. The molecule has 1 aromatic carbocycles. The van der Waals surface area contributed by atoms with Crippen LogP contribution in [0.15, 0.2) is 46.9 Å². The molecular weight excluding hydrogens is 418 g/mol. The number of benzene rings is 1. The number of likely N-dealkylation sites (tertiary alicyclic amines) is 1. The molecule has 0 bridgehead atoms. The fourth-order valence-corrected chi connectivity index (χ4v) is 5.46. The predicted molar refractivity (Wildman–Crippen MR) is 123 cm³/mol. The second kappa shape index (κ2) is 9.31. The summed E-state index contributed by atoms with van der Waals surface area (Å²) in [5, 5.41) is 0. The van der Waals surface area contributed by atoms with E-state index in [9.17, 15) is 9.59 Å². The zero-order chi connectivity index (χ0) is 22.8. The van der Waals surface area contributed by atoms with Crippen LogP contribution < -0.4 is 0 Å². The smallest absolute Gasteiger partial charge is 0.289 e. The Morgan fingerprint density at radius 1 is 0.970 bits per heavy atom. The standard InChI is InChI=1S/C26H33N3O4/c1-32-19-21-7-8-23(33-21)25(31)28-11-9-26(10-12-28)17-22(26)24(30)29-15-13-27(14-16-29)18-20-5-3-2-4-6-20/h2-8,22H,9-19H2,1H3. The number of carbonyl (C=O) groups excluding carboxylic acids is 2. The highest BCUT2D eigenvalue weighted by Gasteiger charge is 2.59. The average Bonchev–Trinajstić information content (AvgIpc) is 3.33. The molecule has 1 aromatic heterocycles. The summed E-state index contributed by atoms with van der Waals surface area (Å²) < 4.78 is 10.7. The van der Waals surface area contributed by atoms with Crippen LogP contribution in [0.3, 0.4) is 0 Å². The molecule has 1 saturated carbocycles. The van der Waals surface area contributed by atoms with Crippen LogP contribution in [-0.4, -0.2) is 72.9 Å². The normalized spacial score (nSPS) is 22.5. The van der Waals surface area contributed by atoms with Gasteiger partial charge in [0, 0.05) is 58.8 Å². The number of rotatable bonds is 6. The average molecular weight is 452 g/mol. The van der Waals surface area contributed by atoms with Crippen LogP contribution in [0, 0.1) is 11.3 Å². The molecule has 1 atom stereocenters. The quantitative estimate of drug-likeness (QED) is 0.676. The number of amides is 2. The molecule has 3 aliphatic rings. The van der Waals surface area contributed by atoms with E-state index in [1.807, 2.05) is 11.0 Å². The second-order valence-corrected chi connectivity index (χ2v) is 9.70. The molecule has 2 aromatic rings. The molecule has 3 fully saturated rings. The van der Waals surface area contributed by atoms with E-state index < -0.39 is 0 Å². The third-order valence-corrected chi connectivity index (χ3v) is 7.63. The fraction of sp³-hybridized carbons (Fsp3) is 0.538. The van der Waals surface area contributed by atoms with Gasteiger partial charge in [-0.25, -0.2) is 0 Å². The third kappa shape index (κ3) is 4.70. The molecule has 7 heteroatoms. The van der Waals surface area contributed by atoms with Crippen LogP contribution in [0.1, 0.15) is 41.1 Å². The van der Waals surface area contributed by atoms with Crippen LogP contribution in [0.2, 0.25) is 0 Å². The summed E-state index contributed by atoms with van der Waals surface area (Å²) in [5.41, 5.74) is 1.42. The second-order valence-electron chi connectivity index (χ2n) is 9.70. The Balaban J connectivity index is 1.09. The maximum atomic E-state index is 13.2. The molecule has 5 rings (SSSR count). The van der Waals surface area contributed by atoms with Gasteiger partial charge in [0.2, 0.25) is 5.91 Å². The molecule has 1 aliphatic carbocycles. The first-order valence-corrected chi connectivity index (χ1v) is 12.0. The van der Waals surface area contributed by atoms with E-state index in [0.29, 0.717) is 37.1 Å². The lowest BCUT2D eigenvalue weighted by Gasteiger charge is -2.36. The van der Waals surface area contributed by atoms with Gasteiger partial charge in [0.15, 0.2) is 5.76 Å². The number of methoxy groups -OCH3 is 1. The summed E-state index contributed by atoms with van der Waals surface area (Å²) >= 11 is 0. The highest BCUT2D eigenvalue weighted by molar-refractivity contribution is 5.91. The van der Waals surface area contributed by atoms with Crippen molar-refractivity contribution in [2.24, 2.45) is 11.3 Å². The van der Waals surface area contributed by atoms with Gasteiger partial charge in [-0.2, -0.15) is 0 Å². The Bertz CT molecular complexity index is 972. The number of piperidine rings is 1. The molecule has 7 nitrogen and oxygen atoms in total. The maximum Gasteiger partial charge on any atom is 0.289 e. The minimum atomic E-state index is -0.0646. The lowest BCUT2D eigenvalue weighted by Crippen LogP contribution is -2.49.